The van der Waals surface area contributed by atoms with Crippen molar-refractivity contribution in [3.63, 3.8) is 0 Å². The average molecular weight is 363 g/mol. The van der Waals surface area contributed by atoms with Crippen LogP contribution >= 0.6 is 0 Å². The van der Waals surface area contributed by atoms with E-state index in [-0.39, 0.29) is 4.90 Å². The van der Waals surface area contributed by atoms with Crippen molar-refractivity contribution in [1.29, 1.82) is 0 Å². The monoisotopic (exact) mass is 363 g/mol. The van der Waals surface area contributed by atoms with Gasteiger partial charge in [-0.05, 0) is 44.0 Å². The van der Waals surface area contributed by atoms with Crippen LogP contribution in [0.25, 0.3) is 0 Å². The summed E-state index contributed by atoms with van der Waals surface area (Å²) in [5, 5.41) is 0. The molecule has 1 aromatic rings. The van der Waals surface area contributed by atoms with Crippen LogP contribution < -0.4 is 0 Å². The Morgan fingerprint density at radius 1 is 1.12 bits per heavy atom. The number of rotatable bonds is 7. The maximum atomic E-state index is 12.4. The minimum atomic E-state index is -3.50. The molecule has 2 rings (SSSR count). The number of ether oxygens (including phenoxy) is 1. The van der Waals surface area contributed by atoms with E-state index in [9.17, 15) is 18.0 Å². The maximum Gasteiger partial charge on any atom is 0.331 e. The van der Waals surface area contributed by atoms with Crippen LogP contribution in [0.3, 0.4) is 0 Å². The Morgan fingerprint density at radius 2 is 1.76 bits per heavy atom. The number of ketones is 1. The Labute approximate surface area is 147 Å². The highest BCUT2D eigenvalue weighted by Crippen LogP contribution is 2.21. The van der Waals surface area contributed by atoms with Crippen LogP contribution in [-0.2, 0) is 19.6 Å². The molecular weight excluding hydrogens is 342 g/mol. The van der Waals surface area contributed by atoms with Gasteiger partial charge in [-0.25, -0.2) is 13.2 Å². The first-order valence-corrected chi connectivity index (χ1v) is 9.48. The van der Waals surface area contributed by atoms with Crippen LogP contribution in [0, 0.1) is 0 Å². The van der Waals surface area contributed by atoms with Gasteiger partial charge in [0.1, 0.15) is 0 Å². The van der Waals surface area contributed by atoms with Crippen molar-refractivity contribution in [2.45, 2.75) is 24.7 Å². The third kappa shape index (κ3) is 5.11. The molecule has 0 spiro atoms. The van der Waals surface area contributed by atoms with Crippen molar-refractivity contribution < 1.29 is 22.7 Å². The number of benzene rings is 1. The summed E-state index contributed by atoms with van der Waals surface area (Å²) in [4.78, 5) is 23.6. The van der Waals surface area contributed by atoms with Gasteiger partial charge in [0.05, 0.1) is 4.90 Å². The number of Topliss-reactive ketones (excluding diaryl/α,β-unsaturated/α-hetero) is 1. The van der Waals surface area contributed by atoms with E-state index in [1.807, 2.05) is 6.92 Å². The van der Waals surface area contributed by atoms with E-state index < -0.39 is 28.4 Å². The van der Waals surface area contributed by atoms with E-state index in [0.717, 1.165) is 12.8 Å². The molecule has 0 amide bonds. The normalized spacial score (nSPS) is 15.9. The quantitative estimate of drug-likeness (QED) is 0.321. The number of esters is 1. The fraction of sp³-hybridized carbons (Fsp3) is 0.333. The zero-order valence-corrected chi connectivity index (χ0v) is 14.9. The van der Waals surface area contributed by atoms with Gasteiger partial charge in [-0.2, -0.15) is 4.31 Å². The van der Waals surface area contributed by atoms with Crippen molar-refractivity contribution in [2.24, 2.45) is 0 Å². The van der Waals surface area contributed by atoms with E-state index >= 15 is 0 Å². The van der Waals surface area contributed by atoms with Crippen LogP contribution in [0.4, 0.5) is 0 Å². The van der Waals surface area contributed by atoms with Crippen LogP contribution in [-0.4, -0.2) is 44.2 Å². The Morgan fingerprint density at radius 3 is 2.36 bits per heavy atom. The predicted molar refractivity (Wildman–Crippen MR) is 93.7 cm³/mol. The molecule has 1 fully saturated rings. The average Bonchev–Trinajstić information content (AvgIpc) is 3.15. The molecule has 1 heterocycles. The van der Waals surface area contributed by atoms with Gasteiger partial charge in [-0.1, -0.05) is 18.2 Å². The zero-order valence-electron chi connectivity index (χ0n) is 14.1. The van der Waals surface area contributed by atoms with Crippen molar-refractivity contribution in [2.75, 3.05) is 19.7 Å². The van der Waals surface area contributed by atoms with E-state index in [0.29, 0.717) is 18.7 Å². The summed E-state index contributed by atoms with van der Waals surface area (Å²) < 4.78 is 31.1. The molecule has 1 saturated heterocycles. The van der Waals surface area contributed by atoms with Gasteiger partial charge in [0.25, 0.3) is 0 Å². The third-order valence-corrected chi connectivity index (χ3v) is 5.67. The molecule has 0 atom stereocenters. The lowest BCUT2D eigenvalue weighted by Crippen LogP contribution is -2.27. The first-order valence-electron chi connectivity index (χ1n) is 8.04. The molecule has 0 saturated carbocycles. The molecule has 134 valence electrons. The lowest BCUT2D eigenvalue weighted by Gasteiger charge is -2.15. The molecule has 0 N–H and O–H groups in total. The number of sulfonamides is 1. The maximum absolute atomic E-state index is 12.4. The highest BCUT2D eigenvalue weighted by Gasteiger charge is 2.27. The first-order chi connectivity index (χ1) is 11.9. The number of hydrogen-bond donors (Lipinski definition) is 0. The Balaban J connectivity index is 1.97. The Kier molecular flexibility index (Phi) is 6.66. The van der Waals surface area contributed by atoms with Gasteiger partial charge in [0.15, 0.2) is 12.4 Å². The second-order valence-corrected chi connectivity index (χ2v) is 7.49. The van der Waals surface area contributed by atoms with Crippen molar-refractivity contribution >= 4 is 21.8 Å². The lowest BCUT2D eigenvalue weighted by atomic mass is 10.1. The molecule has 7 heteroatoms. The largest absolute Gasteiger partial charge is 0.454 e. The van der Waals surface area contributed by atoms with Crippen molar-refractivity contribution in [1.82, 2.24) is 4.31 Å². The van der Waals surface area contributed by atoms with Crippen LogP contribution in [0.2, 0.25) is 0 Å². The smallest absolute Gasteiger partial charge is 0.331 e. The second kappa shape index (κ2) is 8.73. The number of allylic oxidation sites excluding steroid dienone is 3. The number of hydrogen-bond acceptors (Lipinski definition) is 5. The molecule has 0 aliphatic carbocycles. The molecule has 1 aromatic carbocycles. The molecule has 0 aromatic heterocycles. The topological polar surface area (TPSA) is 80.8 Å². The Hall–Kier alpha value is -2.25. The second-order valence-electron chi connectivity index (χ2n) is 5.55. The van der Waals surface area contributed by atoms with Crippen molar-refractivity contribution in [3.8, 4) is 0 Å². The Bertz CT molecular complexity index is 772. The lowest BCUT2D eigenvalue weighted by molar-refractivity contribution is -0.136. The summed E-state index contributed by atoms with van der Waals surface area (Å²) in [6.07, 6.45) is 7.90. The van der Waals surface area contributed by atoms with Gasteiger partial charge in [0.2, 0.25) is 10.0 Å². The van der Waals surface area contributed by atoms with E-state index in [1.54, 1.807) is 12.2 Å². The SMILES string of the molecule is C/C=C/C=C/C(=O)OCC(=O)c1ccc(S(=O)(=O)N2CCCC2)cc1. The van der Waals surface area contributed by atoms with Gasteiger partial charge >= 0.3 is 5.97 Å². The van der Waals surface area contributed by atoms with Crippen LogP contribution in [0.15, 0.2) is 53.5 Å². The van der Waals surface area contributed by atoms with E-state index in [1.165, 1.54) is 40.7 Å². The minimum absolute atomic E-state index is 0.164. The first kappa shape index (κ1) is 19.1. The molecule has 6 nitrogen and oxygen atoms in total. The fourth-order valence-electron chi connectivity index (χ4n) is 2.40. The standard InChI is InChI=1S/C18H21NO5S/c1-2-3-4-7-18(21)24-14-17(20)15-8-10-16(11-9-15)25(22,23)19-12-5-6-13-19/h2-4,7-11H,5-6,12-14H2,1H3/b3-2+,7-4+. The predicted octanol–water partition coefficient (Wildman–Crippen LogP) is 2.33. The number of nitrogens with zero attached hydrogens (tertiary/aromatic N) is 1. The molecule has 0 radical (unpaired) electrons. The molecular formula is C18H21NO5S. The fourth-order valence-corrected chi connectivity index (χ4v) is 3.92. The summed E-state index contributed by atoms with van der Waals surface area (Å²) in [5.41, 5.74) is 0.297. The van der Waals surface area contributed by atoms with Crippen LogP contribution in [0.5, 0.6) is 0 Å². The summed E-state index contributed by atoms with van der Waals surface area (Å²) in [6.45, 7) is 2.48. The highest BCUT2D eigenvalue weighted by molar-refractivity contribution is 7.89. The van der Waals surface area contributed by atoms with Gasteiger partial charge in [0, 0.05) is 24.7 Å². The van der Waals surface area contributed by atoms with E-state index in [2.05, 4.69) is 0 Å². The highest BCUT2D eigenvalue weighted by atomic mass is 32.2. The van der Waals surface area contributed by atoms with Gasteiger partial charge < -0.3 is 4.74 Å². The van der Waals surface area contributed by atoms with Gasteiger partial charge in [-0.3, -0.25) is 4.79 Å². The van der Waals surface area contributed by atoms with Gasteiger partial charge in [-0.15, -0.1) is 0 Å². The van der Waals surface area contributed by atoms with Crippen LogP contribution in [0.1, 0.15) is 30.1 Å². The molecule has 1 aliphatic heterocycles. The minimum Gasteiger partial charge on any atom is -0.454 e. The number of carbonyl (C=O) groups is 2. The molecule has 0 unspecified atom stereocenters. The molecule has 25 heavy (non-hydrogen) atoms. The molecule has 1 aliphatic rings. The van der Waals surface area contributed by atoms with Crippen molar-refractivity contribution in [3.05, 3.63) is 54.1 Å². The number of carbonyl (C=O) groups excluding carboxylic acids is 2. The third-order valence-electron chi connectivity index (χ3n) is 3.76. The van der Waals surface area contributed by atoms with E-state index in [4.69, 9.17) is 4.74 Å². The summed E-state index contributed by atoms with van der Waals surface area (Å²) in [7, 11) is -3.50. The molecule has 0 bridgehead atoms. The summed E-state index contributed by atoms with van der Waals surface area (Å²) >= 11 is 0. The summed E-state index contributed by atoms with van der Waals surface area (Å²) in [6, 6.07) is 5.70. The zero-order chi connectivity index (χ0) is 18.3. The summed E-state index contributed by atoms with van der Waals surface area (Å²) in [5.74, 6) is -1.00.